The standard InChI is InChI=1S/C16H16ClNO3.ClH/c17-16-10(2-1-3-14(16)20)12-8-18-7-11(12)9-4-5-13(19)15(21)6-9;/h1-6,11-12,18-21H,7-8H2;1H/t11-,12-;/m1./s1. The molecular formula is C16H17Cl2NO3. The second kappa shape index (κ2) is 6.65. The van der Waals surface area contributed by atoms with Gasteiger partial charge >= 0.3 is 0 Å². The number of nitrogens with one attached hydrogen (secondary N) is 1. The van der Waals surface area contributed by atoms with Gasteiger partial charge in [0.05, 0.1) is 5.02 Å². The first-order chi connectivity index (χ1) is 10.1. The van der Waals surface area contributed by atoms with Gasteiger partial charge in [-0.2, -0.15) is 0 Å². The van der Waals surface area contributed by atoms with Crippen LogP contribution in [0.2, 0.25) is 5.02 Å². The largest absolute Gasteiger partial charge is 0.506 e. The minimum Gasteiger partial charge on any atom is -0.506 e. The van der Waals surface area contributed by atoms with E-state index in [0.29, 0.717) is 5.02 Å². The van der Waals surface area contributed by atoms with E-state index in [0.717, 1.165) is 24.2 Å². The van der Waals surface area contributed by atoms with Crippen LogP contribution in [0.15, 0.2) is 36.4 Å². The molecule has 1 aliphatic heterocycles. The lowest BCUT2D eigenvalue weighted by Gasteiger charge is -2.21. The van der Waals surface area contributed by atoms with Crippen LogP contribution >= 0.6 is 24.0 Å². The minimum absolute atomic E-state index is 0. The molecule has 2 aromatic rings. The van der Waals surface area contributed by atoms with Gasteiger partial charge in [-0.1, -0.05) is 29.8 Å². The summed E-state index contributed by atoms with van der Waals surface area (Å²) in [7, 11) is 0. The fourth-order valence-electron chi connectivity index (χ4n) is 2.95. The number of halogens is 2. The molecular weight excluding hydrogens is 325 g/mol. The number of hydrogen-bond donors (Lipinski definition) is 4. The van der Waals surface area contributed by atoms with Crippen molar-refractivity contribution in [2.24, 2.45) is 0 Å². The summed E-state index contributed by atoms with van der Waals surface area (Å²) in [4.78, 5) is 0. The van der Waals surface area contributed by atoms with Crippen LogP contribution in [0, 0.1) is 0 Å². The van der Waals surface area contributed by atoms with E-state index in [1.165, 1.54) is 6.07 Å². The highest BCUT2D eigenvalue weighted by Gasteiger charge is 2.32. The molecule has 6 heteroatoms. The van der Waals surface area contributed by atoms with Crippen LogP contribution in [-0.4, -0.2) is 28.4 Å². The van der Waals surface area contributed by atoms with Crippen LogP contribution in [0.25, 0.3) is 0 Å². The molecule has 0 saturated carbocycles. The second-order valence-electron chi connectivity index (χ2n) is 5.30. The van der Waals surface area contributed by atoms with Gasteiger partial charge in [0.15, 0.2) is 11.5 Å². The average Bonchev–Trinajstić information content (AvgIpc) is 2.94. The molecule has 1 fully saturated rings. The van der Waals surface area contributed by atoms with E-state index in [4.69, 9.17) is 11.6 Å². The molecule has 1 aliphatic rings. The van der Waals surface area contributed by atoms with Crippen LogP contribution in [0.5, 0.6) is 17.2 Å². The van der Waals surface area contributed by atoms with E-state index in [1.807, 2.05) is 6.07 Å². The molecule has 22 heavy (non-hydrogen) atoms. The zero-order valence-corrected chi connectivity index (χ0v) is 13.2. The van der Waals surface area contributed by atoms with E-state index in [2.05, 4.69) is 5.32 Å². The van der Waals surface area contributed by atoms with Crippen LogP contribution < -0.4 is 5.32 Å². The fraction of sp³-hybridized carbons (Fsp3) is 0.250. The maximum Gasteiger partial charge on any atom is 0.157 e. The van der Waals surface area contributed by atoms with Gasteiger partial charge in [-0.05, 0) is 29.3 Å². The molecule has 0 amide bonds. The van der Waals surface area contributed by atoms with Crippen LogP contribution in [0.4, 0.5) is 0 Å². The summed E-state index contributed by atoms with van der Waals surface area (Å²) in [5.41, 5.74) is 1.82. The Hall–Kier alpha value is -1.62. The Kier molecular flexibility index (Phi) is 5.06. The van der Waals surface area contributed by atoms with E-state index >= 15 is 0 Å². The summed E-state index contributed by atoms with van der Waals surface area (Å²) >= 11 is 6.22. The van der Waals surface area contributed by atoms with Crippen molar-refractivity contribution in [1.82, 2.24) is 5.32 Å². The van der Waals surface area contributed by atoms with Crippen molar-refractivity contribution < 1.29 is 15.3 Å². The first-order valence-corrected chi connectivity index (χ1v) is 7.15. The van der Waals surface area contributed by atoms with Crippen molar-refractivity contribution in [2.75, 3.05) is 13.1 Å². The number of phenolic OH excluding ortho intramolecular Hbond substituents is 3. The first kappa shape index (κ1) is 16.7. The summed E-state index contributed by atoms with van der Waals surface area (Å²) in [6.45, 7) is 1.50. The molecule has 118 valence electrons. The number of aromatic hydroxyl groups is 3. The Morgan fingerprint density at radius 2 is 1.64 bits per heavy atom. The normalized spacial score (nSPS) is 20.6. The monoisotopic (exact) mass is 341 g/mol. The van der Waals surface area contributed by atoms with E-state index in [1.54, 1.807) is 24.3 Å². The zero-order valence-electron chi connectivity index (χ0n) is 11.7. The van der Waals surface area contributed by atoms with Gasteiger partial charge in [0.2, 0.25) is 0 Å². The Morgan fingerprint density at radius 3 is 2.36 bits per heavy atom. The molecule has 0 unspecified atom stereocenters. The SMILES string of the molecule is Cl.Oc1ccc([C@H]2CNC[C@@H]2c2cccc(O)c2Cl)cc1O. The predicted molar refractivity (Wildman–Crippen MR) is 88.5 cm³/mol. The van der Waals surface area contributed by atoms with Crippen LogP contribution in [0.3, 0.4) is 0 Å². The van der Waals surface area contributed by atoms with Gasteiger partial charge in [0.1, 0.15) is 5.75 Å². The third-order valence-corrected chi connectivity index (χ3v) is 4.46. The molecule has 0 radical (unpaired) electrons. The molecule has 3 rings (SSSR count). The molecule has 0 aliphatic carbocycles. The van der Waals surface area contributed by atoms with Crippen molar-refractivity contribution >= 4 is 24.0 Å². The van der Waals surface area contributed by atoms with Gasteiger partial charge in [-0.25, -0.2) is 0 Å². The molecule has 2 aromatic carbocycles. The molecule has 4 N–H and O–H groups in total. The summed E-state index contributed by atoms with van der Waals surface area (Å²) in [5, 5.41) is 32.6. The van der Waals surface area contributed by atoms with Crippen molar-refractivity contribution in [1.29, 1.82) is 0 Å². The molecule has 0 spiro atoms. The van der Waals surface area contributed by atoms with E-state index in [-0.39, 0.29) is 41.5 Å². The highest BCUT2D eigenvalue weighted by Crippen LogP contribution is 2.42. The minimum atomic E-state index is -0.128. The van der Waals surface area contributed by atoms with Gasteiger partial charge in [-0.15, -0.1) is 12.4 Å². The molecule has 0 aromatic heterocycles. The Labute approximate surface area is 139 Å². The Bertz CT molecular complexity index is 678. The first-order valence-electron chi connectivity index (χ1n) is 6.78. The lowest BCUT2D eigenvalue weighted by atomic mass is 9.84. The van der Waals surface area contributed by atoms with E-state index < -0.39 is 0 Å². The van der Waals surface area contributed by atoms with Crippen LogP contribution in [-0.2, 0) is 0 Å². The van der Waals surface area contributed by atoms with Gasteiger partial charge < -0.3 is 20.6 Å². The molecule has 1 heterocycles. The maximum atomic E-state index is 9.77. The third kappa shape index (κ3) is 2.95. The van der Waals surface area contributed by atoms with Gasteiger partial charge in [0, 0.05) is 24.9 Å². The lowest BCUT2D eigenvalue weighted by Crippen LogP contribution is -2.09. The average molecular weight is 342 g/mol. The highest BCUT2D eigenvalue weighted by atomic mass is 35.5. The maximum absolute atomic E-state index is 9.77. The summed E-state index contributed by atoms with van der Waals surface area (Å²) in [6.07, 6.45) is 0. The van der Waals surface area contributed by atoms with E-state index in [9.17, 15) is 15.3 Å². The second-order valence-corrected chi connectivity index (χ2v) is 5.68. The Morgan fingerprint density at radius 1 is 0.909 bits per heavy atom. The Balaban J connectivity index is 0.00000176. The number of phenols is 3. The molecule has 4 nitrogen and oxygen atoms in total. The molecule has 2 atom stereocenters. The van der Waals surface area contributed by atoms with Crippen molar-refractivity contribution in [3.05, 3.63) is 52.5 Å². The number of hydrogen-bond acceptors (Lipinski definition) is 4. The van der Waals surface area contributed by atoms with Gasteiger partial charge in [0.25, 0.3) is 0 Å². The smallest absolute Gasteiger partial charge is 0.157 e. The quantitative estimate of drug-likeness (QED) is 0.632. The summed E-state index contributed by atoms with van der Waals surface area (Å²) < 4.78 is 0. The highest BCUT2D eigenvalue weighted by molar-refractivity contribution is 6.32. The topological polar surface area (TPSA) is 72.7 Å². The van der Waals surface area contributed by atoms with Gasteiger partial charge in [-0.3, -0.25) is 0 Å². The third-order valence-electron chi connectivity index (χ3n) is 4.05. The fourth-order valence-corrected chi connectivity index (χ4v) is 3.22. The zero-order chi connectivity index (χ0) is 15.0. The molecule has 1 saturated heterocycles. The van der Waals surface area contributed by atoms with Crippen molar-refractivity contribution in [3.63, 3.8) is 0 Å². The summed E-state index contributed by atoms with van der Waals surface area (Å²) in [6, 6.07) is 10.1. The number of benzene rings is 2. The molecule has 0 bridgehead atoms. The van der Waals surface area contributed by atoms with Crippen molar-refractivity contribution in [3.8, 4) is 17.2 Å². The predicted octanol–water partition coefficient (Wildman–Crippen LogP) is 3.35. The number of rotatable bonds is 2. The lowest BCUT2D eigenvalue weighted by molar-refractivity contribution is 0.402. The summed E-state index contributed by atoms with van der Waals surface area (Å²) in [5.74, 6) is 0.0505. The van der Waals surface area contributed by atoms with Crippen molar-refractivity contribution in [2.45, 2.75) is 11.8 Å². The van der Waals surface area contributed by atoms with Crippen LogP contribution in [0.1, 0.15) is 23.0 Å².